The highest BCUT2D eigenvalue weighted by atomic mass is 35.5. The highest BCUT2D eigenvalue weighted by molar-refractivity contribution is 8.29. The van der Waals surface area contributed by atoms with E-state index in [0.717, 1.165) is 10.1 Å². The molecule has 2 heterocycles. The molecule has 0 N–H and O–H groups in total. The number of fused-ring (bicyclic) bond motifs is 1. The van der Waals surface area contributed by atoms with Crippen molar-refractivity contribution in [1.29, 1.82) is 0 Å². The Bertz CT molecular complexity index is 321. The summed E-state index contributed by atoms with van der Waals surface area (Å²) >= 11 is 13.1. The second-order valence-electron chi connectivity index (χ2n) is 2.93. The second kappa shape index (κ2) is 2.76. The van der Waals surface area contributed by atoms with Crippen LogP contribution in [-0.2, 0) is 0 Å². The Morgan fingerprint density at radius 1 is 1.58 bits per heavy atom. The molecule has 2 rings (SSSR count). The summed E-state index contributed by atoms with van der Waals surface area (Å²) in [6.07, 6.45) is 2.37. The average Bonchev–Trinajstić information content (AvgIpc) is 2.22. The van der Waals surface area contributed by atoms with Crippen molar-refractivity contribution < 1.29 is 0 Å². The highest BCUT2D eigenvalue weighted by Gasteiger charge is 2.39. The van der Waals surface area contributed by atoms with Crippen molar-refractivity contribution in [3.05, 3.63) is 11.2 Å². The van der Waals surface area contributed by atoms with Gasteiger partial charge in [-0.15, -0.1) is 0 Å². The summed E-state index contributed by atoms with van der Waals surface area (Å²) in [5.74, 6) is 0. The average molecular weight is 221 g/mol. The minimum Gasteiger partial charge on any atom is -0.253 e. The number of rotatable bonds is 0. The van der Waals surface area contributed by atoms with Gasteiger partial charge in [0, 0.05) is 17.7 Å². The summed E-state index contributed by atoms with van der Waals surface area (Å²) in [7, 11) is 0. The van der Waals surface area contributed by atoms with E-state index in [1.165, 1.54) is 11.8 Å². The number of hydrogen-bond donors (Lipinski definition) is 0. The molecule has 2 nitrogen and oxygen atoms in total. The lowest BCUT2D eigenvalue weighted by Gasteiger charge is -2.22. The van der Waals surface area contributed by atoms with E-state index in [2.05, 4.69) is 9.98 Å². The first-order chi connectivity index (χ1) is 5.60. The minimum atomic E-state index is -0.298. The van der Waals surface area contributed by atoms with Gasteiger partial charge in [0.2, 0.25) is 0 Å². The lowest BCUT2D eigenvalue weighted by atomic mass is 9.99. The molecule has 0 bridgehead atoms. The fourth-order valence-electron chi connectivity index (χ4n) is 1.24. The first kappa shape index (κ1) is 8.60. The van der Waals surface area contributed by atoms with Gasteiger partial charge in [-0.25, -0.2) is 0 Å². The first-order valence-electron chi connectivity index (χ1n) is 3.46. The number of aliphatic imine (C=N–C) groups is 2. The van der Waals surface area contributed by atoms with Crippen molar-refractivity contribution in [1.82, 2.24) is 0 Å². The molecule has 0 aliphatic carbocycles. The summed E-state index contributed by atoms with van der Waals surface area (Å²) < 4.78 is 0.552. The van der Waals surface area contributed by atoms with Crippen LogP contribution in [0.2, 0.25) is 0 Å². The second-order valence-corrected chi connectivity index (χ2v) is 4.97. The third-order valence-corrected chi connectivity index (χ3v) is 3.36. The molecule has 0 spiro atoms. The Morgan fingerprint density at radius 2 is 2.33 bits per heavy atom. The van der Waals surface area contributed by atoms with Crippen molar-refractivity contribution in [3.8, 4) is 0 Å². The Kier molecular flexibility index (Phi) is 1.97. The Balaban J connectivity index is 2.40. The zero-order valence-electron chi connectivity index (χ0n) is 6.34. The smallest absolute Gasteiger partial charge is 0.165 e. The number of hydrogen-bond acceptors (Lipinski definition) is 3. The zero-order chi connectivity index (χ0) is 8.77. The van der Waals surface area contributed by atoms with Crippen LogP contribution in [0.3, 0.4) is 0 Å². The van der Waals surface area contributed by atoms with Crippen molar-refractivity contribution in [2.24, 2.45) is 9.98 Å². The van der Waals surface area contributed by atoms with E-state index in [1.54, 1.807) is 6.20 Å². The fourth-order valence-corrected chi connectivity index (χ4v) is 2.80. The zero-order valence-corrected chi connectivity index (χ0v) is 8.67. The van der Waals surface area contributed by atoms with Crippen LogP contribution >= 0.6 is 35.0 Å². The van der Waals surface area contributed by atoms with Gasteiger partial charge < -0.3 is 0 Å². The van der Waals surface area contributed by atoms with Gasteiger partial charge in [0.25, 0.3) is 0 Å². The van der Waals surface area contributed by atoms with E-state index in [9.17, 15) is 0 Å². The molecular weight excluding hydrogens is 215 g/mol. The minimum absolute atomic E-state index is 0.298. The van der Waals surface area contributed by atoms with Gasteiger partial charge >= 0.3 is 0 Å². The van der Waals surface area contributed by atoms with Gasteiger partial charge in [0.1, 0.15) is 10.6 Å². The van der Waals surface area contributed by atoms with E-state index in [4.69, 9.17) is 23.2 Å². The highest BCUT2D eigenvalue weighted by Crippen LogP contribution is 2.40. The summed E-state index contributed by atoms with van der Waals surface area (Å²) in [5.41, 5.74) is -0.298. The van der Waals surface area contributed by atoms with Crippen LogP contribution < -0.4 is 0 Å². The monoisotopic (exact) mass is 220 g/mol. The maximum absolute atomic E-state index is 5.85. The SMILES string of the molecule is CC12CC(Cl)=CN=C1SC(Cl)=N2. The molecule has 5 heteroatoms. The van der Waals surface area contributed by atoms with Gasteiger partial charge in [-0.1, -0.05) is 23.2 Å². The van der Waals surface area contributed by atoms with E-state index in [0.29, 0.717) is 10.9 Å². The molecule has 0 aromatic rings. The Labute approximate surface area is 84.7 Å². The van der Waals surface area contributed by atoms with Gasteiger partial charge in [-0.05, 0) is 18.7 Å². The molecule has 64 valence electrons. The summed E-state index contributed by atoms with van der Waals surface area (Å²) in [5, 5.41) is 1.67. The fraction of sp³-hybridized carbons (Fsp3) is 0.429. The molecule has 0 radical (unpaired) electrons. The Morgan fingerprint density at radius 3 is 3.08 bits per heavy atom. The molecule has 1 atom stereocenters. The van der Waals surface area contributed by atoms with Crippen LogP contribution in [0.25, 0.3) is 0 Å². The van der Waals surface area contributed by atoms with Crippen molar-refractivity contribution in [2.45, 2.75) is 18.9 Å². The predicted octanol–water partition coefficient (Wildman–Crippen LogP) is 2.97. The third kappa shape index (κ3) is 1.30. The molecule has 0 saturated carbocycles. The largest absolute Gasteiger partial charge is 0.253 e. The molecule has 0 amide bonds. The maximum atomic E-state index is 5.85. The topological polar surface area (TPSA) is 24.7 Å². The summed E-state index contributed by atoms with van der Waals surface area (Å²) in [6, 6.07) is 0. The van der Waals surface area contributed by atoms with Gasteiger partial charge in [-0.3, -0.25) is 9.98 Å². The van der Waals surface area contributed by atoms with Gasteiger partial charge in [0.05, 0.1) is 0 Å². The van der Waals surface area contributed by atoms with Crippen LogP contribution in [-0.4, -0.2) is 15.1 Å². The molecule has 0 saturated heterocycles. The van der Waals surface area contributed by atoms with Gasteiger partial charge in [-0.2, -0.15) is 0 Å². The van der Waals surface area contributed by atoms with Crippen molar-refractivity contribution >= 4 is 44.5 Å². The number of nitrogens with zero attached hydrogens (tertiary/aromatic N) is 2. The number of halogens is 2. The quantitative estimate of drug-likeness (QED) is 0.617. The number of thioether (sulfide) groups is 1. The molecular formula is C7H6Cl2N2S. The van der Waals surface area contributed by atoms with E-state index in [1.807, 2.05) is 6.92 Å². The van der Waals surface area contributed by atoms with E-state index >= 15 is 0 Å². The van der Waals surface area contributed by atoms with Gasteiger partial charge in [0.15, 0.2) is 4.50 Å². The summed E-state index contributed by atoms with van der Waals surface area (Å²) in [4.78, 5) is 8.46. The van der Waals surface area contributed by atoms with Crippen LogP contribution in [0, 0.1) is 0 Å². The van der Waals surface area contributed by atoms with Crippen molar-refractivity contribution in [2.75, 3.05) is 0 Å². The van der Waals surface area contributed by atoms with E-state index < -0.39 is 0 Å². The first-order valence-corrected chi connectivity index (χ1v) is 5.03. The Hall–Kier alpha value is 0.01000. The van der Waals surface area contributed by atoms with Crippen LogP contribution in [0.1, 0.15) is 13.3 Å². The predicted molar refractivity (Wildman–Crippen MR) is 55.3 cm³/mol. The molecule has 2 aliphatic rings. The van der Waals surface area contributed by atoms with Crippen LogP contribution in [0.4, 0.5) is 0 Å². The van der Waals surface area contributed by atoms with Crippen molar-refractivity contribution in [3.63, 3.8) is 0 Å². The lowest BCUT2D eigenvalue weighted by molar-refractivity contribution is 0.641. The molecule has 1 unspecified atom stereocenters. The lowest BCUT2D eigenvalue weighted by Crippen LogP contribution is -2.29. The molecule has 0 aromatic heterocycles. The van der Waals surface area contributed by atoms with Crippen LogP contribution in [0.5, 0.6) is 0 Å². The normalized spacial score (nSPS) is 33.8. The van der Waals surface area contributed by atoms with E-state index in [-0.39, 0.29) is 5.54 Å². The molecule has 2 aliphatic heterocycles. The summed E-state index contributed by atoms with van der Waals surface area (Å²) in [6.45, 7) is 1.99. The van der Waals surface area contributed by atoms with Crippen LogP contribution in [0.15, 0.2) is 21.2 Å². The molecule has 12 heavy (non-hydrogen) atoms. The third-order valence-electron chi connectivity index (χ3n) is 1.81. The maximum Gasteiger partial charge on any atom is 0.165 e. The molecule has 0 aromatic carbocycles. The standard InChI is InChI=1S/C7H6Cl2N2S/c1-7-2-4(8)3-10-5(7)12-6(9)11-7/h3H,2H2,1H3. The molecule has 0 fully saturated rings.